The molecule has 0 aliphatic carbocycles. The van der Waals surface area contributed by atoms with E-state index in [1.54, 1.807) is 0 Å². The lowest BCUT2D eigenvalue weighted by Crippen LogP contribution is -2.13. The van der Waals surface area contributed by atoms with Gasteiger partial charge in [-0.15, -0.1) is 0 Å². The van der Waals surface area contributed by atoms with Crippen molar-refractivity contribution in [2.24, 2.45) is 5.92 Å². The zero-order valence-electron chi connectivity index (χ0n) is 5.62. The van der Waals surface area contributed by atoms with Crippen LogP contribution in [0.25, 0.3) is 0 Å². The Bertz CT molecular complexity index is 163. The summed E-state index contributed by atoms with van der Waals surface area (Å²) in [6.07, 6.45) is 0.159. The van der Waals surface area contributed by atoms with Crippen molar-refractivity contribution in [2.75, 3.05) is 13.7 Å². The fourth-order valence-corrected chi connectivity index (χ4v) is 0.850. The number of ether oxygens (including phenoxy) is 2. The molecule has 0 saturated carbocycles. The van der Waals surface area contributed by atoms with E-state index in [9.17, 15) is 9.59 Å². The molecule has 4 nitrogen and oxygen atoms in total. The first kappa shape index (κ1) is 7.21. The van der Waals surface area contributed by atoms with Gasteiger partial charge in [-0.25, -0.2) is 0 Å². The molecule has 56 valence electrons. The normalized spacial score (nSPS) is 25.1. The summed E-state index contributed by atoms with van der Waals surface area (Å²) in [5.74, 6) is -1.29. The Morgan fingerprint density at radius 3 is 2.80 bits per heavy atom. The van der Waals surface area contributed by atoms with E-state index < -0.39 is 11.9 Å². The number of hydrogen-bond donors (Lipinski definition) is 0. The minimum atomic E-state index is -0.466. The highest BCUT2D eigenvalue weighted by Gasteiger charge is 2.32. The number of methoxy groups -OCH3 is 1. The van der Waals surface area contributed by atoms with Crippen LogP contribution in [0.3, 0.4) is 0 Å². The van der Waals surface area contributed by atoms with Gasteiger partial charge in [-0.05, 0) is 0 Å². The number of carbonyl (C=O) groups excluding carboxylic acids is 2. The molecule has 1 unspecified atom stereocenters. The molecule has 4 heteroatoms. The fourth-order valence-electron chi connectivity index (χ4n) is 0.850. The summed E-state index contributed by atoms with van der Waals surface area (Å²) in [6, 6.07) is 0. The van der Waals surface area contributed by atoms with E-state index in [2.05, 4.69) is 4.74 Å². The van der Waals surface area contributed by atoms with Crippen LogP contribution in [0.5, 0.6) is 0 Å². The lowest BCUT2D eigenvalue weighted by atomic mass is 10.1. The van der Waals surface area contributed by atoms with Crippen molar-refractivity contribution in [3.63, 3.8) is 0 Å². The molecule has 1 heterocycles. The maximum absolute atomic E-state index is 10.7. The summed E-state index contributed by atoms with van der Waals surface area (Å²) in [6.45, 7) is 0.268. The van der Waals surface area contributed by atoms with Gasteiger partial charge in [-0.1, -0.05) is 0 Å². The maximum Gasteiger partial charge on any atom is 0.319 e. The van der Waals surface area contributed by atoms with E-state index in [-0.39, 0.29) is 18.9 Å². The highest BCUT2D eigenvalue weighted by molar-refractivity contribution is 5.94. The van der Waals surface area contributed by atoms with Crippen LogP contribution in [0, 0.1) is 5.92 Å². The Balaban J connectivity index is 2.46. The van der Waals surface area contributed by atoms with Crippen molar-refractivity contribution >= 4 is 11.9 Å². The summed E-state index contributed by atoms with van der Waals surface area (Å²) >= 11 is 0. The summed E-state index contributed by atoms with van der Waals surface area (Å²) in [7, 11) is 1.48. The molecule has 0 N–H and O–H groups in total. The molecule has 0 aromatic carbocycles. The molecule has 0 bridgehead atoms. The van der Waals surface area contributed by atoms with Gasteiger partial charge in [0, 0.05) is 7.11 Å². The molecule has 0 amide bonds. The van der Waals surface area contributed by atoms with E-state index in [4.69, 9.17) is 4.74 Å². The molecule has 0 spiro atoms. The third-order valence-corrected chi connectivity index (χ3v) is 1.33. The summed E-state index contributed by atoms with van der Waals surface area (Å²) in [5.41, 5.74) is 0. The Morgan fingerprint density at radius 2 is 2.40 bits per heavy atom. The van der Waals surface area contributed by atoms with Crippen LogP contribution in [0.2, 0.25) is 0 Å². The topological polar surface area (TPSA) is 52.6 Å². The van der Waals surface area contributed by atoms with E-state index in [1.165, 1.54) is 7.11 Å². The van der Waals surface area contributed by atoms with Crippen LogP contribution in [0.1, 0.15) is 6.42 Å². The summed E-state index contributed by atoms with van der Waals surface area (Å²) in [4.78, 5) is 21.1. The fraction of sp³-hybridized carbons (Fsp3) is 0.667. The van der Waals surface area contributed by atoms with Crippen LogP contribution in [-0.4, -0.2) is 25.7 Å². The van der Waals surface area contributed by atoms with Gasteiger partial charge in [0.15, 0.2) is 0 Å². The van der Waals surface area contributed by atoms with Gasteiger partial charge in [-0.3, -0.25) is 9.59 Å². The molecular formula is C6H8O4. The zero-order valence-corrected chi connectivity index (χ0v) is 5.62. The van der Waals surface area contributed by atoms with Crippen LogP contribution in [-0.2, 0) is 19.1 Å². The molecule has 0 aromatic heterocycles. The first-order valence-corrected chi connectivity index (χ1v) is 2.97. The third-order valence-electron chi connectivity index (χ3n) is 1.33. The second-order valence-electron chi connectivity index (χ2n) is 2.15. The second-order valence-corrected chi connectivity index (χ2v) is 2.15. The van der Waals surface area contributed by atoms with Crippen molar-refractivity contribution in [2.45, 2.75) is 6.42 Å². The average Bonchev–Trinajstić information content (AvgIpc) is 2.13. The lowest BCUT2D eigenvalue weighted by Gasteiger charge is -1.99. The van der Waals surface area contributed by atoms with Gasteiger partial charge >= 0.3 is 11.9 Å². The molecule has 1 rings (SSSR count). The molecular weight excluding hydrogens is 136 g/mol. The molecule has 1 saturated heterocycles. The summed E-state index contributed by atoms with van der Waals surface area (Å²) in [5, 5.41) is 0. The van der Waals surface area contributed by atoms with Crippen LogP contribution in [0.15, 0.2) is 0 Å². The minimum absolute atomic E-state index is 0.159. The van der Waals surface area contributed by atoms with Crippen LogP contribution >= 0.6 is 0 Å². The van der Waals surface area contributed by atoms with Gasteiger partial charge in [0.25, 0.3) is 0 Å². The third kappa shape index (κ3) is 1.33. The van der Waals surface area contributed by atoms with Gasteiger partial charge in [0.1, 0.15) is 0 Å². The molecule has 10 heavy (non-hydrogen) atoms. The zero-order chi connectivity index (χ0) is 7.56. The molecule has 1 fully saturated rings. The average molecular weight is 144 g/mol. The molecule has 1 atom stereocenters. The van der Waals surface area contributed by atoms with Gasteiger partial charge in [-0.2, -0.15) is 0 Å². The van der Waals surface area contributed by atoms with Crippen LogP contribution in [0.4, 0.5) is 0 Å². The Morgan fingerprint density at radius 1 is 1.70 bits per heavy atom. The first-order valence-electron chi connectivity index (χ1n) is 2.97. The Kier molecular flexibility index (Phi) is 2.01. The Labute approximate surface area is 58.1 Å². The highest BCUT2D eigenvalue weighted by Crippen LogP contribution is 2.15. The van der Waals surface area contributed by atoms with Crippen molar-refractivity contribution in [3.05, 3.63) is 0 Å². The Hall–Kier alpha value is -0.900. The molecule has 0 radical (unpaired) electrons. The van der Waals surface area contributed by atoms with Crippen molar-refractivity contribution in [3.8, 4) is 0 Å². The number of rotatable bonds is 2. The maximum atomic E-state index is 10.7. The van der Waals surface area contributed by atoms with Gasteiger partial charge in [0.2, 0.25) is 0 Å². The van der Waals surface area contributed by atoms with Crippen LogP contribution < -0.4 is 0 Å². The minimum Gasteiger partial charge on any atom is -0.393 e. The number of carbonyl (C=O) groups is 2. The quantitative estimate of drug-likeness (QED) is 0.395. The number of esters is 2. The molecule has 1 aliphatic heterocycles. The lowest BCUT2D eigenvalue weighted by molar-refractivity contribution is -0.153. The molecule has 1 aliphatic rings. The SMILES string of the molecule is COCC1CC(=O)OC1=O. The smallest absolute Gasteiger partial charge is 0.319 e. The van der Waals surface area contributed by atoms with E-state index >= 15 is 0 Å². The largest absolute Gasteiger partial charge is 0.393 e. The van der Waals surface area contributed by atoms with Crippen molar-refractivity contribution < 1.29 is 19.1 Å². The molecule has 0 aromatic rings. The van der Waals surface area contributed by atoms with E-state index in [1.807, 2.05) is 0 Å². The highest BCUT2D eigenvalue weighted by atomic mass is 16.6. The summed E-state index contributed by atoms with van der Waals surface area (Å²) < 4.78 is 8.96. The second kappa shape index (κ2) is 2.79. The van der Waals surface area contributed by atoms with Gasteiger partial charge in [0.05, 0.1) is 18.9 Å². The standard InChI is InChI=1S/C6H8O4/c1-9-3-4-2-5(7)10-6(4)8/h4H,2-3H2,1H3. The number of cyclic esters (lactones) is 2. The van der Waals surface area contributed by atoms with Gasteiger partial charge < -0.3 is 9.47 Å². The van der Waals surface area contributed by atoms with E-state index in [0.717, 1.165) is 0 Å². The van der Waals surface area contributed by atoms with Crippen molar-refractivity contribution in [1.82, 2.24) is 0 Å². The first-order chi connectivity index (χ1) is 4.74. The number of hydrogen-bond acceptors (Lipinski definition) is 4. The van der Waals surface area contributed by atoms with Crippen molar-refractivity contribution in [1.29, 1.82) is 0 Å². The monoisotopic (exact) mass is 144 g/mol. The van der Waals surface area contributed by atoms with E-state index in [0.29, 0.717) is 0 Å². The predicted molar refractivity (Wildman–Crippen MR) is 31.1 cm³/mol. The predicted octanol–water partition coefficient (Wildman–Crippen LogP) is -0.278.